The number of carboxylic acids is 1. The monoisotopic (exact) mass is 502 g/mol. The van der Waals surface area contributed by atoms with Gasteiger partial charge in [0.1, 0.15) is 6.10 Å². The summed E-state index contributed by atoms with van der Waals surface area (Å²) in [6.07, 6.45) is 6.45. The van der Waals surface area contributed by atoms with Crippen LogP contribution in [-0.2, 0) is 23.9 Å². The molecule has 0 amide bonds. The predicted octanol–water partition coefficient (Wildman–Crippen LogP) is 4.98. The highest BCUT2D eigenvalue weighted by Crippen LogP contribution is 2.71. The second-order valence-corrected chi connectivity index (χ2v) is 12.2. The summed E-state index contributed by atoms with van der Waals surface area (Å²) in [7, 11) is 0. The van der Waals surface area contributed by atoms with Crippen LogP contribution in [-0.4, -0.2) is 46.2 Å². The molecule has 5 aliphatic carbocycles. The van der Waals surface area contributed by atoms with Crippen molar-refractivity contribution in [2.75, 3.05) is 0 Å². The molecular weight excluding hydrogens is 467 g/mol. The predicted molar refractivity (Wildman–Crippen MR) is 127 cm³/mol. The van der Waals surface area contributed by atoms with Crippen molar-refractivity contribution in [2.45, 2.75) is 90.0 Å². The SMILES string of the molecule is C[C@@H]1C[C@H]2[C@@H]3C[C@H](C)C4=CC(=O)C=C[C@]4(C)[C@@]3(F)C(=O)C[C@]2(C)[C@@]1(OC(=O)OC1CCCC1)C(=O)O. The third-order valence-corrected chi connectivity index (χ3v) is 10.4. The molecule has 0 spiro atoms. The number of carbonyl (C=O) groups excluding carboxylic acids is 3. The van der Waals surface area contributed by atoms with Gasteiger partial charge in [-0.25, -0.2) is 14.0 Å². The van der Waals surface area contributed by atoms with Crippen LogP contribution >= 0.6 is 0 Å². The number of fused-ring (bicyclic) bond motifs is 5. The van der Waals surface area contributed by atoms with Crippen molar-refractivity contribution in [3.05, 3.63) is 23.8 Å². The maximum atomic E-state index is 17.3. The molecule has 0 aromatic rings. The van der Waals surface area contributed by atoms with Crippen LogP contribution < -0.4 is 0 Å². The maximum Gasteiger partial charge on any atom is 0.509 e. The molecule has 8 heteroatoms. The maximum absolute atomic E-state index is 17.3. The fraction of sp³-hybridized carbons (Fsp3) is 0.714. The second-order valence-electron chi connectivity index (χ2n) is 12.2. The minimum absolute atomic E-state index is 0.170. The van der Waals surface area contributed by atoms with Crippen LogP contribution in [0.25, 0.3) is 0 Å². The van der Waals surface area contributed by atoms with Crippen LogP contribution in [0.2, 0.25) is 0 Å². The van der Waals surface area contributed by atoms with Crippen LogP contribution in [0, 0.1) is 34.5 Å². The highest BCUT2D eigenvalue weighted by molar-refractivity contribution is 6.03. The minimum Gasteiger partial charge on any atom is -0.478 e. The van der Waals surface area contributed by atoms with Gasteiger partial charge >= 0.3 is 12.1 Å². The Balaban J connectivity index is 1.56. The number of allylic oxidation sites excluding steroid dienone is 4. The number of ether oxygens (including phenoxy) is 2. The van der Waals surface area contributed by atoms with E-state index in [9.17, 15) is 24.3 Å². The molecule has 0 aliphatic heterocycles. The van der Waals surface area contributed by atoms with Gasteiger partial charge < -0.3 is 14.6 Å². The number of hydrogen-bond donors (Lipinski definition) is 1. The molecule has 8 atom stereocenters. The summed E-state index contributed by atoms with van der Waals surface area (Å²) in [4.78, 5) is 51.7. The average Bonchev–Trinajstić information content (AvgIpc) is 3.38. The van der Waals surface area contributed by atoms with Gasteiger partial charge in [-0.2, -0.15) is 0 Å². The van der Waals surface area contributed by atoms with Crippen molar-refractivity contribution < 1.29 is 38.1 Å². The first-order valence-corrected chi connectivity index (χ1v) is 13.1. The number of ketones is 2. The Morgan fingerprint density at radius 3 is 2.39 bits per heavy atom. The molecular formula is C28H35FO7. The van der Waals surface area contributed by atoms with E-state index in [1.165, 1.54) is 18.2 Å². The smallest absolute Gasteiger partial charge is 0.478 e. The van der Waals surface area contributed by atoms with Crippen molar-refractivity contribution in [1.82, 2.24) is 0 Å². The lowest BCUT2D eigenvalue weighted by Crippen LogP contribution is -2.69. The lowest BCUT2D eigenvalue weighted by Gasteiger charge is -2.60. The summed E-state index contributed by atoms with van der Waals surface area (Å²) in [5.74, 6) is -4.37. The first-order chi connectivity index (χ1) is 16.8. The van der Waals surface area contributed by atoms with Gasteiger partial charge in [-0.3, -0.25) is 9.59 Å². The van der Waals surface area contributed by atoms with E-state index >= 15 is 4.39 Å². The largest absolute Gasteiger partial charge is 0.509 e. The number of aliphatic carboxylic acids is 1. The highest BCUT2D eigenvalue weighted by atomic mass is 19.1. The van der Waals surface area contributed by atoms with Crippen molar-refractivity contribution in [1.29, 1.82) is 0 Å². The van der Waals surface area contributed by atoms with Gasteiger partial charge in [0, 0.05) is 29.1 Å². The minimum atomic E-state index is -2.29. The van der Waals surface area contributed by atoms with E-state index < -0.39 is 57.8 Å². The number of alkyl halides is 1. The summed E-state index contributed by atoms with van der Waals surface area (Å²) in [5.41, 5.74) is -6.29. The van der Waals surface area contributed by atoms with E-state index in [4.69, 9.17) is 9.47 Å². The second kappa shape index (κ2) is 7.99. The molecule has 5 rings (SSSR count). The third-order valence-electron chi connectivity index (χ3n) is 10.4. The van der Waals surface area contributed by atoms with Gasteiger partial charge in [-0.15, -0.1) is 0 Å². The standard InChI is InChI=1S/C28H35FO7/c1-15-11-21-20-12-16(2)28(23(32)33,36-24(34)35-18-7-5-6-8-18)26(20,4)14-22(31)27(21,29)25(3)10-9-17(30)13-19(15)25/h9-10,13,15-16,18,20-21H,5-8,11-12,14H2,1-4H3,(H,32,33)/t15-,16+,20-,21-,25-,26-,27-,28-/m0/s1. The zero-order chi connectivity index (χ0) is 26.3. The Morgan fingerprint density at radius 1 is 1.08 bits per heavy atom. The van der Waals surface area contributed by atoms with Crippen LogP contribution in [0.1, 0.15) is 72.6 Å². The van der Waals surface area contributed by atoms with Crippen LogP contribution in [0.4, 0.5) is 9.18 Å². The van der Waals surface area contributed by atoms with Gasteiger partial charge in [0.05, 0.1) is 0 Å². The first kappa shape index (κ1) is 25.2. The topological polar surface area (TPSA) is 107 Å². The van der Waals surface area contributed by atoms with Crippen molar-refractivity contribution >= 4 is 23.7 Å². The van der Waals surface area contributed by atoms with Gasteiger partial charge in [-0.1, -0.05) is 32.4 Å². The van der Waals surface area contributed by atoms with Crippen LogP contribution in [0.15, 0.2) is 23.8 Å². The van der Waals surface area contributed by atoms with Crippen molar-refractivity contribution in [3.8, 4) is 0 Å². The van der Waals surface area contributed by atoms with E-state index in [-0.39, 0.29) is 24.2 Å². The zero-order valence-electron chi connectivity index (χ0n) is 21.3. The quantitative estimate of drug-likeness (QED) is 0.543. The molecule has 0 saturated heterocycles. The third kappa shape index (κ3) is 3.02. The molecule has 1 N–H and O–H groups in total. The first-order valence-electron chi connectivity index (χ1n) is 13.1. The fourth-order valence-corrected chi connectivity index (χ4v) is 8.67. The number of rotatable bonds is 3. The molecule has 0 bridgehead atoms. The van der Waals surface area contributed by atoms with E-state index in [1.54, 1.807) is 20.8 Å². The van der Waals surface area contributed by atoms with E-state index in [0.29, 0.717) is 31.3 Å². The summed E-state index contributed by atoms with van der Waals surface area (Å²) < 4.78 is 28.5. The Labute approximate surface area is 210 Å². The number of hydrogen-bond acceptors (Lipinski definition) is 6. The molecule has 4 fully saturated rings. The highest BCUT2D eigenvalue weighted by Gasteiger charge is 2.78. The molecule has 0 unspecified atom stereocenters. The summed E-state index contributed by atoms with van der Waals surface area (Å²) in [6.45, 7) is 6.95. The zero-order valence-corrected chi connectivity index (χ0v) is 21.3. The van der Waals surface area contributed by atoms with E-state index in [0.717, 1.165) is 12.8 Å². The Hall–Kier alpha value is -2.51. The summed E-state index contributed by atoms with van der Waals surface area (Å²) in [5, 5.41) is 10.5. The number of carbonyl (C=O) groups is 4. The molecule has 0 aromatic heterocycles. The van der Waals surface area contributed by atoms with Crippen LogP contribution in [0.5, 0.6) is 0 Å². The van der Waals surface area contributed by atoms with Gasteiger partial charge in [0.2, 0.25) is 5.60 Å². The molecule has 5 aliphatic rings. The molecule has 7 nitrogen and oxygen atoms in total. The molecule has 36 heavy (non-hydrogen) atoms. The van der Waals surface area contributed by atoms with E-state index in [1.807, 2.05) is 6.92 Å². The molecule has 0 heterocycles. The summed E-state index contributed by atoms with van der Waals surface area (Å²) in [6, 6.07) is 0. The van der Waals surface area contributed by atoms with Crippen molar-refractivity contribution in [2.24, 2.45) is 34.5 Å². The molecule has 0 radical (unpaired) electrons. The fourth-order valence-electron chi connectivity index (χ4n) is 8.67. The average molecular weight is 503 g/mol. The summed E-state index contributed by atoms with van der Waals surface area (Å²) >= 11 is 0. The number of carboxylic acid groups (broad SMARTS) is 1. The number of halogens is 1. The van der Waals surface area contributed by atoms with Gasteiger partial charge in [0.25, 0.3) is 0 Å². The molecule has 0 aromatic carbocycles. The molecule has 196 valence electrons. The van der Waals surface area contributed by atoms with Gasteiger partial charge in [-0.05, 0) is 69.4 Å². The normalized spacial score (nSPS) is 46.0. The Bertz CT molecular complexity index is 1090. The lowest BCUT2D eigenvalue weighted by molar-refractivity contribution is -0.202. The Morgan fingerprint density at radius 2 is 1.75 bits per heavy atom. The molecule has 4 saturated carbocycles. The van der Waals surface area contributed by atoms with Crippen LogP contribution in [0.3, 0.4) is 0 Å². The van der Waals surface area contributed by atoms with Gasteiger partial charge in [0.15, 0.2) is 17.2 Å². The van der Waals surface area contributed by atoms with E-state index in [2.05, 4.69) is 0 Å². The van der Waals surface area contributed by atoms with Crippen molar-refractivity contribution in [3.63, 3.8) is 0 Å². The Kier molecular flexibility index (Phi) is 5.58. The lowest BCUT2D eigenvalue weighted by atomic mass is 9.44. The number of Topliss-reactive ketones (excluding diaryl/α,β-unsaturated/α-hetero) is 1.